The van der Waals surface area contributed by atoms with E-state index in [4.69, 9.17) is 9.84 Å². The lowest BCUT2D eigenvalue weighted by atomic mass is 10.2. The van der Waals surface area contributed by atoms with Gasteiger partial charge in [0.1, 0.15) is 5.60 Å². The molecule has 0 aromatic rings. The van der Waals surface area contributed by atoms with Crippen molar-refractivity contribution in [1.29, 1.82) is 0 Å². The second-order valence-electron chi connectivity index (χ2n) is 5.93. The second kappa shape index (κ2) is 7.07. The molecule has 1 atom stereocenters. The number of β-amino-alcohol motifs (C(OH)–C–C–N with tert-alkyl or cyclic N) is 1. The van der Waals surface area contributed by atoms with Crippen LogP contribution in [0.15, 0.2) is 0 Å². The van der Waals surface area contributed by atoms with Crippen LogP contribution in [0.3, 0.4) is 0 Å². The van der Waals surface area contributed by atoms with Gasteiger partial charge in [0, 0.05) is 39.3 Å². The van der Waals surface area contributed by atoms with Crippen molar-refractivity contribution in [2.24, 2.45) is 0 Å². The molecular formula is C13H26N2O4. The minimum absolute atomic E-state index is 0.000952. The van der Waals surface area contributed by atoms with E-state index in [9.17, 15) is 9.90 Å². The molecule has 1 heterocycles. The van der Waals surface area contributed by atoms with Crippen LogP contribution in [0.4, 0.5) is 4.79 Å². The zero-order chi connectivity index (χ0) is 14.5. The van der Waals surface area contributed by atoms with Crippen LogP contribution < -0.4 is 0 Å². The highest BCUT2D eigenvalue weighted by Crippen LogP contribution is 2.12. The summed E-state index contributed by atoms with van der Waals surface area (Å²) >= 11 is 0. The summed E-state index contributed by atoms with van der Waals surface area (Å²) in [7, 11) is 0. The first kappa shape index (κ1) is 16.2. The lowest BCUT2D eigenvalue weighted by Gasteiger charge is -2.36. The maximum absolute atomic E-state index is 11.8. The third-order valence-electron chi connectivity index (χ3n) is 2.96. The standard InChI is InChI=1S/C13H26N2O4/c1-13(2,3)19-12(18)15-7-5-14(6-8-15)10-11(17)4-9-16/h11,16-17H,4-10H2,1-3H3. The van der Waals surface area contributed by atoms with Crippen molar-refractivity contribution in [3.63, 3.8) is 0 Å². The first-order valence-electron chi connectivity index (χ1n) is 6.81. The highest BCUT2D eigenvalue weighted by Gasteiger charge is 2.26. The van der Waals surface area contributed by atoms with Gasteiger partial charge in [0.05, 0.1) is 6.10 Å². The zero-order valence-corrected chi connectivity index (χ0v) is 12.1. The van der Waals surface area contributed by atoms with Gasteiger partial charge in [-0.3, -0.25) is 4.90 Å². The Hall–Kier alpha value is -0.850. The predicted molar refractivity (Wildman–Crippen MR) is 72.0 cm³/mol. The fraction of sp³-hybridized carbons (Fsp3) is 0.923. The van der Waals surface area contributed by atoms with Crippen molar-refractivity contribution in [3.8, 4) is 0 Å². The Morgan fingerprint density at radius 1 is 1.26 bits per heavy atom. The van der Waals surface area contributed by atoms with Gasteiger partial charge in [-0.15, -0.1) is 0 Å². The van der Waals surface area contributed by atoms with E-state index >= 15 is 0 Å². The second-order valence-corrected chi connectivity index (χ2v) is 5.93. The van der Waals surface area contributed by atoms with E-state index in [2.05, 4.69) is 4.90 Å². The van der Waals surface area contributed by atoms with Crippen LogP contribution in [0.25, 0.3) is 0 Å². The maximum Gasteiger partial charge on any atom is 0.410 e. The zero-order valence-electron chi connectivity index (χ0n) is 12.1. The molecule has 1 rings (SSSR count). The first-order valence-corrected chi connectivity index (χ1v) is 6.81. The number of aliphatic hydroxyl groups is 2. The smallest absolute Gasteiger partial charge is 0.410 e. The van der Waals surface area contributed by atoms with Gasteiger partial charge < -0.3 is 19.8 Å². The van der Waals surface area contributed by atoms with Gasteiger partial charge in [-0.25, -0.2) is 4.79 Å². The molecule has 112 valence electrons. The minimum Gasteiger partial charge on any atom is -0.444 e. The lowest BCUT2D eigenvalue weighted by molar-refractivity contribution is 0.00906. The Bertz CT molecular complexity index is 283. The number of carbonyl (C=O) groups excluding carboxylic acids is 1. The number of aliphatic hydroxyl groups excluding tert-OH is 2. The highest BCUT2D eigenvalue weighted by atomic mass is 16.6. The van der Waals surface area contributed by atoms with Crippen molar-refractivity contribution in [1.82, 2.24) is 9.80 Å². The van der Waals surface area contributed by atoms with Gasteiger partial charge >= 0.3 is 6.09 Å². The molecule has 1 fully saturated rings. The SMILES string of the molecule is CC(C)(C)OC(=O)N1CCN(CC(O)CCO)CC1. The van der Waals surface area contributed by atoms with Crippen molar-refractivity contribution in [3.05, 3.63) is 0 Å². The Kier molecular flexibility index (Phi) is 6.03. The molecule has 1 aliphatic rings. The van der Waals surface area contributed by atoms with Gasteiger partial charge in [0.15, 0.2) is 0 Å². The Labute approximate surface area is 114 Å². The molecule has 0 bridgehead atoms. The number of piperazine rings is 1. The number of amides is 1. The van der Waals surface area contributed by atoms with Gasteiger partial charge in [-0.05, 0) is 27.2 Å². The Morgan fingerprint density at radius 3 is 2.32 bits per heavy atom. The molecule has 0 aliphatic carbocycles. The fourth-order valence-corrected chi connectivity index (χ4v) is 1.98. The number of hydrogen-bond acceptors (Lipinski definition) is 5. The highest BCUT2D eigenvalue weighted by molar-refractivity contribution is 5.68. The molecule has 6 nitrogen and oxygen atoms in total. The van der Waals surface area contributed by atoms with Crippen molar-refractivity contribution >= 4 is 6.09 Å². The average Bonchev–Trinajstić information content (AvgIpc) is 2.27. The maximum atomic E-state index is 11.8. The molecule has 1 saturated heterocycles. The van der Waals surface area contributed by atoms with Gasteiger partial charge in [-0.1, -0.05) is 0 Å². The molecule has 1 aliphatic heterocycles. The number of rotatable bonds is 4. The molecule has 0 saturated carbocycles. The summed E-state index contributed by atoms with van der Waals surface area (Å²) in [4.78, 5) is 15.6. The summed E-state index contributed by atoms with van der Waals surface area (Å²) in [6.45, 7) is 8.78. The topological polar surface area (TPSA) is 73.2 Å². The quantitative estimate of drug-likeness (QED) is 0.770. The third-order valence-corrected chi connectivity index (χ3v) is 2.96. The van der Waals surface area contributed by atoms with Gasteiger partial charge in [0.25, 0.3) is 0 Å². The van der Waals surface area contributed by atoms with E-state index in [0.29, 0.717) is 26.1 Å². The molecule has 2 N–H and O–H groups in total. The average molecular weight is 274 g/mol. The summed E-state index contributed by atoms with van der Waals surface area (Å²) in [6, 6.07) is 0. The van der Waals surface area contributed by atoms with Crippen LogP contribution in [0.5, 0.6) is 0 Å². The number of ether oxygens (including phenoxy) is 1. The lowest BCUT2D eigenvalue weighted by Crippen LogP contribution is -2.51. The summed E-state index contributed by atoms with van der Waals surface area (Å²) < 4.78 is 5.32. The molecule has 19 heavy (non-hydrogen) atoms. The van der Waals surface area contributed by atoms with Crippen molar-refractivity contribution in [2.75, 3.05) is 39.3 Å². The largest absolute Gasteiger partial charge is 0.444 e. The number of carbonyl (C=O) groups is 1. The van der Waals surface area contributed by atoms with Crippen LogP contribution in [0.2, 0.25) is 0 Å². The van der Waals surface area contributed by atoms with Crippen molar-refractivity contribution < 1.29 is 19.7 Å². The molecule has 1 unspecified atom stereocenters. The summed E-state index contributed by atoms with van der Waals surface area (Å²) in [6.07, 6.45) is -0.382. The predicted octanol–water partition coefficient (Wildman–Crippen LogP) is 0.282. The molecule has 1 amide bonds. The molecular weight excluding hydrogens is 248 g/mol. The summed E-state index contributed by atoms with van der Waals surface area (Å²) in [5.74, 6) is 0. The molecule has 0 spiro atoms. The van der Waals surface area contributed by atoms with E-state index < -0.39 is 11.7 Å². The minimum atomic E-state index is -0.502. The molecule has 6 heteroatoms. The van der Waals surface area contributed by atoms with Crippen LogP contribution in [0.1, 0.15) is 27.2 Å². The fourth-order valence-electron chi connectivity index (χ4n) is 1.98. The number of hydrogen-bond donors (Lipinski definition) is 2. The molecule has 0 aromatic carbocycles. The molecule has 0 radical (unpaired) electrons. The van der Waals surface area contributed by atoms with Crippen molar-refractivity contribution in [2.45, 2.75) is 38.9 Å². The van der Waals surface area contributed by atoms with E-state index in [1.807, 2.05) is 20.8 Å². The van der Waals surface area contributed by atoms with E-state index in [1.54, 1.807) is 4.90 Å². The summed E-state index contributed by atoms with van der Waals surface area (Å²) in [5.41, 5.74) is -0.467. The van der Waals surface area contributed by atoms with Crippen LogP contribution >= 0.6 is 0 Å². The summed E-state index contributed by atoms with van der Waals surface area (Å²) in [5, 5.41) is 18.4. The Balaban J connectivity index is 2.30. The number of nitrogens with zero attached hydrogens (tertiary/aromatic N) is 2. The van der Waals surface area contributed by atoms with Crippen LogP contribution in [-0.2, 0) is 4.74 Å². The van der Waals surface area contributed by atoms with Crippen LogP contribution in [0, 0.1) is 0 Å². The normalized spacial score (nSPS) is 19.3. The third kappa shape index (κ3) is 6.22. The molecule has 0 aromatic heterocycles. The van der Waals surface area contributed by atoms with E-state index in [1.165, 1.54) is 0 Å². The van der Waals surface area contributed by atoms with Gasteiger partial charge in [-0.2, -0.15) is 0 Å². The Morgan fingerprint density at radius 2 is 1.84 bits per heavy atom. The monoisotopic (exact) mass is 274 g/mol. The van der Waals surface area contributed by atoms with E-state index in [-0.39, 0.29) is 12.7 Å². The van der Waals surface area contributed by atoms with Gasteiger partial charge in [0.2, 0.25) is 0 Å². The first-order chi connectivity index (χ1) is 8.81. The van der Waals surface area contributed by atoms with Crippen LogP contribution in [-0.4, -0.2) is 77.1 Å². The van der Waals surface area contributed by atoms with E-state index in [0.717, 1.165) is 13.1 Å².